The van der Waals surface area contributed by atoms with Crippen LogP contribution in [0.25, 0.3) is 0 Å². The quantitative estimate of drug-likeness (QED) is 0.377. The molecular formula is C13H22NP. The summed E-state index contributed by atoms with van der Waals surface area (Å²) in [5.41, 5.74) is 3.46. The summed E-state index contributed by atoms with van der Waals surface area (Å²) in [6.07, 6.45) is 6.24. The SMILES string of the molecule is C\C=C/C(C)=C\C(C)=N\C(C)=C(/C)PC. The first-order valence-electron chi connectivity index (χ1n) is 5.22. The van der Waals surface area contributed by atoms with E-state index >= 15 is 0 Å². The Labute approximate surface area is 95.9 Å². The standard InChI is InChI=1S/C13H22NP/c1-7-8-10(2)9-11(3)14-12(4)13(5)15-6/h7-9,15H,1-6H3/b8-7-,10-9-,13-12+,14-11+. The number of rotatable bonds is 4. The second kappa shape index (κ2) is 7.59. The average molecular weight is 223 g/mol. The van der Waals surface area contributed by atoms with E-state index in [2.05, 4.69) is 44.6 Å². The van der Waals surface area contributed by atoms with Crippen LogP contribution < -0.4 is 0 Å². The number of hydrogen-bond acceptors (Lipinski definition) is 1. The first-order chi connectivity index (χ1) is 7.01. The molecule has 0 saturated heterocycles. The van der Waals surface area contributed by atoms with Crippen LogP contribution in [-0.2, 0) is 0 Å². The van der Waals surface area contributed by atoms with E-state index in [0.29, 0.717) is 0 Å². The average Bonchev–Trinajstić information content (AvgIpc) is 2.16. The van der Waals surface area contributed by atoms with Crippen molar-refractivity contribution in [3.63, 3.8) is 0 Å². The van der Waals surface area contributed by atoms with Gasteiger partial charge in [0.1, 0.15) is 0 Å². The van der Waals surface area contributed by atoms with Gasteiger partial charge in [0.2, 0.25) is 0 Å². The fourth-order valence-electron chi connectivity index (χ4n) is 1.20. The molecule has 0 fully saturated rings. The number of aliphatic imine (C=N–C) groups is 1. The molecule has 84 valence electrons. The molecular weight excluding hydrogens is 201 g/mol. The highest BCUT2D eigenvalue weighted by Gasteiger charge is 1.93. The molecule has 0 aromatic rings. The zero-order chi connectivity index (χ0) is 11.8. The highest BCUT2D eigenvalue weighted by molar-refractivity contribution is 7.42. The predicted octanol–water partition coefficient (Wildman–Crippen LogP) is 4.53. The van der Waals surface area contributed by atoms with Gasteiger partial charge in [-0.1, -0.05) is 20.7 Å². The molecule has 1 atom stereocenters. The Bertz CT molecular complexity index is 319. The van der Waals surface area contributed by atoms with Gasteiger partial charge in [0, 0.05) is 11.4 Å². The molecule has 0 heterocycles. The normalized spacial score (nSPS) is 16.7. The van der Waals surface area contributed by atoms with Crippen LogP contribution in [0.15, 0.2) is 39.8 Å². The van der Waals surface area contributed by atoms with Crippen LogP contribution in [-0.4, -0.2) is 12.4 Å². The monoisotopic (exact) mass is 223 g/mol. The maximum absolute atomic E-state index is 4.56. The minimum absolute atomic E-state index is 0.846. The Balaban J connectivity index is 4.79. The van der Waals surface area contributed by atoms with Crippen LogP contribution in [0, 0.1) is 0 Å². The topological polar surface area (TPSA) is 12.4 Å². The summed E-state index contributed by atoms with van der Waals surface area (Å²) in [6.45, 7) is 12.6. The third kappa shape index (κ3) is 6.41. The van der Waals surface area contributed by atoms with E-state index in [9.17, 15) is 0 Å². The molecule has 15 heavy (non-hydrogen) atoms. The molecule has 0 radical (unpaired) electrons. The van der Waals surface area contributed by atoms with Crippen LogP contribution in [0.4, 0.5) is 0 Å². The molecule has 1 nitrogen and oxygen atoms in total. The summed E-state index contributed by atoms with van der Waals surface area (Å²) >= 11 is 0. The summed E-state index contributed by atoms with van der Waals surface area (Å²) < 4.78 is 0. The van der Waals surface area contributed by atoms with E-state index in [4.69, 9.17) is 0 Å². The minimum atomic E-state index is 0.846. The summed E-state index contributed by atoms with van der Waals surface area (Å²) in [5, 5.41) is 1.38. The van der Waals surface area contributed by atoms with Crippen LogP contribution in [0.1, 0.15) is 34.6 Å². The van der Waals surface area contributed by atoms with Gasteiger partial charge in [-0.2, -0.15) is 0 Å². The summed E-state index contributed by atoms with van der Waals surface area (Å²) in [4.78, 5) is 4.56. The Kier molecular flexibility index (Phi) is 7.25. The van der Waals surface area contributed by atoms with Gasteiger partial charge in [0.05, 0.1) is 0 Å². The van der Waals surface area contributed by atoms with Crippen molar-refractivity contribution >= 4 is 14.3 Å². The number of hydrogen-bond donors (Lipinski definition) is 0. The van der Waals surface area contributed by atoms with E-state index in [-0.39, 0.29) is 0 Å². The van der Waals surface area contributed by atoms with Gasteiger partial charge in [-0.05, 0) is 58.2 Å². The molecule has 0 amide bonds. The van der Waals surface area contributed by atoms with E-state index in [0.717, 1.165) is 20.0 Å². The lowest BCUT2D eigenvalue weighted by atomic mass is 10.2. The lowest BCUT2D eigenvalue weighted by molar-refractivity contribution is 1.26. The second-order valence-corrected chi connectivity index (χ2v) is 4.85. The number of allylic oxidation sites excluding steroid dienone is 6. The maximum Gasteiger partial charge on any atom is 0.0406 e. The Morgan fingerprint density at radius 2 is 1.73 bits per heavy atom. The van der Waals surface area contributed by atoms with Crippen LogP contribution in [0.2, 0.25) is 0 Å². The molecule has 0 aromatic carbocycles. The van der Waals surface area contributed by atoms with Gasteiger partial charge in [-0.3, -0.25) is 4.99 Å². The summed E-state index contributed by atoms with van der Waals surface area (Å²) in [5.74, 6) is 0. The lowest BCUT2D eigenvalue weighted by Crippen LogP contribution is -1.88. The molecule has 0 aromatic heterocycles. The highest BCUT2D eigenvalue weighted by Crippen LogP contribution is 2.22. The van der Waals surface area contributed by atoms with E-state index in [1.165, 1.54) is 10.9 Å². The van der Waals surface area contributed by atoms with Crippen LogP contribution in [0.3, 0.4) is 0 Å². The second-order valence-electron chi connectivity index (χ2n) is 3.60. The molecule has 0 bridgehead atoms. The highest BCUT2D eigenvalue weighted by atomic mass is 31.1. The molecule has 0 aliphatic carbocycles. The van der Waals surface area contributed by atoms with Gasteiger partial charge in [-0.15, -0.1) is 0 Å². The summed E-state index contributed by atoms with van der Waals surface area (Å²) in [7, 11) is 0.846. The predicted molar refractivity (Wildman–Crippen MR) is 74.3 cm³/mol. The molecule has 0 rings (SSSR count). The van der Waals surface area contributed by atoms with Crippen molar-refractivity contribution < 1.29 is 0 Å². The smallest absolute Gasteiger partial charge is 0.0406 e. The van der Waals surface area contributed by atoms with Crippen LogP contribution >= 0.6 is 8.58 Å². The van der Waals surface area contributed by atoms with Crippen molar-refractivity contribution in [3.8, 4) is 0 Å². The first kappa shape index (κ1) is 14.3. The third-order valence-corrected chi connectivity index (χ3v) is 3.24. The van der Waals surface area contributed by atoms with Crippen molar-refractivity contribution in [2.24, 2.45) is 4.99 Å². The molecule has 0 aliphatic heterocycles. The Morgan fingerprint density at radius 3 is 2.20 bits per heavy atom. The molecule has 0 saturated carbocycles. The van der Waals surface area contributed by atoms with Gasteiger partial charge in [0.15, 0.2) is 0 Å². The zero-order valence-electron chi connectivity index (χ0n) is 10.7. The molecule has 2 heteroatoms. The molecule has 0 aliphatic rings. The first-order valence-corrected chi connectivity index (χ1v) is 6.72. The van der Waals surface area contributed by atoms with Gasteiger partial charge in [0.25, 0.3) is 0 Å². The largest absolute Gasteiger partial charge is 0.258 e. The van der Waals surface area contributed by atoms with Gasteiger partial charge in [-0.25, -0.2) is 0 Å². The van der Waals surface area contributed by atoms with Crippen molar-refractivity contribution in [1.82, 2.24) is 0 Å². The minimum Gasteiger partial charge on any atom is -0.258 e. The van der Waals surface area contributed by atoms with Crippen molar-refractivity contribution in [2.45, 2.75) is 34.6 Å². The van der Waals surface area contributed by atoms with Gasteiger partial charge >= 0.3 is 0 Å². The van der Waals surface area contributed by atoms with Crippen molar-refractivity contribution in [3.05, 3.63) is 34.8 Å². The van der Waals surface area contributed by atoms with Crippen LogP contribution in [0.5, 0.6) is 0 Å². The Morgan fingerprint density at radius 1 is 1.13 bits per heavy atom. The van der Waals surface area contributed by atoms with E-state index < -0.39 is 0 Å². The zero-order valence-corrected chi connectivity index (χ0v) is 11.7. The van der Waals surface area contributed by atoms with E-state index in [1.54, 1.807) is 0 Å². The van der Waals surface area contributed by atoms with Crippen molar-refractivity contribution in [1.29, 1.82) is 0 Å². The third-order valence-electron chi connectivity index (χ3n) is 2.13. The fourth-order valence-corrected chi connectivity index (χ4v) is 1.62. The molecule has 0 N–H and O–H groups in total. The van der Waals surface area contributed by atoms with Gasteiger partial charge < -0.3 is 0 Å². The molecule has 0 spiro atoms. The lowest BCUT2D eigenvalue weighted by Gasteiger charge is -2.01. The van der Waals surface area contributed by atoms with E-state index in [1.807, 2.05) is 19.9 Å². The Hall–Kier alpha value is -0.680. The summed E-state index contributed by atoms with van der Waals surface area (Å²) in [6, 6.07) is 0. The molecule has 1 unspecified atom stereocenters. The van der Waals surface area contributed by atoms with Crippen molar-refractivity contribution in [2.75, 3.05) is 6.66 Å². The maximum atomic E-state index is 4.56. The number of nitrogens with zero attached hydrogens (tertiary/aromatic N) is 1. The fraction of sp³-hybridized carbons (Fsp3) is 0.462.